The summed E-state index contributed by atoms with van der Waals surface area (Å²) in [5, 5.41) is 8.87. The third-order valence-corrected chi connectivity index (χ3v) is 4.26. The first-order chi connectivity index (χ1) is 10.7. The summed E-state index contributed by atoms with van der Waals surface area (Å²) in [6, 6.07) is 3.73. The van der Waals surface area contributed by atoms with E-state index in [1.165, 1.54) is 12.0 Å². The number of amides is 3. The van der Waals surface area contributed by atoms with Crippen molar-refractivity contribution in [2.45, 2.75) is 19.3 Å². The maximum atomic E-state index is 11.6. The lowest BCUT2D eigenvalue weighted by molar-refractivity contribution is 0.123. The van der Waals surface area contributed by atoms with Gasteiger partial charge in [0.15, 0.2) is 0 Å². The van der Waals surface area contributed by atoms with Crippen LogP contribution < -0.4 is 10.7 Å². The van der Waals surface area contributed by atoms with Gasteiger partial charge >= 0.3 is 12.1 Å². The number of urea groups is 1. The summed E-state index contributed by atoms with van der Waals surface area (Å²) in [5.41, 5.74) is 3.38. The maximum Gasteiger partial charge on any atom is 0.409 e. The zero-order valence-electron chi connectivity index (χ0n) is 12.5. The largest absolute Gasteiger partial charge is 0.453 e. The molecule has 0 saturated carbocycles. The van der Waals surface area contributed by atoms with Gasteiger partial charge in [0.05, 0.1) is 7.11 Å². The van der Waals surface area contributed by atoms with Crippen molar-refractivity contribution < 1.29 is 14.3 Å². The molecule has 22 heavy (non-hydrogen) atoms. The van der Waals surface area contributed by atoms with Crippen LogP contribution in [-0.4, -0.2) is 49.5 Å². The molecular weight excluding hydrogens is 304 g/mol. The SMILES string of the molecule is COC(=O)N1CCC(=NNC(=O)NCCc2cccs2)CC1. The number of carbonyl (C=O) groups is 2. The minimum Gasteiger partial charge on any atom is -0.453 e. The van der Waals surface area contributed by atoms with E-state index in [4.69, 9.17) is 0 Å². The quantitative estimate of drug-likeness (QED) is 0.829. The second-order valence-electron chi connectivity index (χ2n) is 4.83. The average molecular weight is 324 g/mol. The van der Waals surface area contributed by atoms with Gasteiger partial charge in [0.2, 0.25) is 0 Å². The number of hydrazone groups is 1. The van der Waals surface area contributed by atoms with Crippen molar-refractivity contribution in [2.24, 2.45) is 5.10 Å². The summed E-state index contributed by atoms with van der Waals surface area (Å²) in [7, 11) is 1.37. The highest BCUT2D eigenvalue weighted by Gasteiger charge is 2.20. The lowest BCUT2D eigenvalue weighted by Crippen LogP contribution is -2.40. The van der Waals surface area contributed by atoms with E-state index in [-0.39, 0.29) is 12.1 Å². The molecule has 1 aliphatic rings. The van der Waals surface area contributed by atoms with Crippen LogP contribution in [0, 0.1) is 0 Å². The molecule has 1 aromatic rings. The van der Waals surface area contributed by atoms with E-state index < -0.39 is 0 Å². The monoisotopic (exact) mass is 324 g/mol. The molecule has 3 amide bonds. The van der Waals surface area contributed by atoms with Gasteiger partial charge in [-0.3, -0.25) is 0 Å². The van der Waals surface area contributed by atoms with Gasteiger partial charge in [-0.2, -0.15) is 5.10 Å². The summed E-state index contributed by atoms with van der Waals surface area (Å²) in [6.45, 7) is 1.70. The first-order valence-electron chi connectivity index (χ1n) is 7.13. The average Bonchev–Trinajstić information content (AvgIpc) is 3.06. The van der Waals surface area contributed by atoms with E-state index in [1.807, 2.05) is 17.5 Å². The number of hydrogen-bond acceptors (Lipinski definition) is 5. The van der Waals surface area contributed by atoms with E-state index in [9.17, 15) is 9.59 Å². The van der Waals surface area contributed by atoms with Gasteiger partial charge in [-0.15, -0.1) is 11.3 Å². The van der Waals surface area contributed by atoms with Crippen LogP contribution in [0.25, 0.3) is 0 Å². The number of piperidine rings is 1. The molecule has 0 bridgehead atoms. The second-order valence-corrected chi connectivity index (χ2v) is 5.86. The molecule has 1 aliphatic heterocycles. The Balaban J connectivity index is 1.64. The lowest BCUT2D eigenvalue weighted by atomic mass is 10.1. The van der Waals surface area contributed by atoms with Gasteiger partial charge in [0.25, 0.3) is 0 Å². The summed E-state index contributed by atoms with van der Waals surface area (Å²) >= 11 is 1.67. The molecule has 0 spiro atoms. The number of methoxy groups -OCH3 is 1. The Kier molecular flexibility index (Phi) is 6.20. The number of likely N-dealkylation sites (tertiary alicyclic amines) is 1. The number of nitrogens with one attached hydrogen (secondary N) is 2. The Labute approximate surface area is 133 Å². The van der Waals surface area contributed by atoms with E-state index in [0.717, 1.165) is 12.1 Å². The molecule has 120 valence electrons. The Morgan fingerprint density at radius 1 is 1.41 bits per heavy atom. The van der Waals surface area contributed by atoms with Gasteiger partial charge < -0.3 is 15.0 Å². The molecule has 2 rings (SSSR count). The van der Waals surface area contributed by atoms with Crippen LogP contribution in [0.2, 0.25) is 0 Å². The Morgan fingerprint density at radius 3 is 2.82 bits per heavy atom. The van der Waals surface area contributed by atoms with Crippen molar-refractivity contribution in [3.63, 3.8) is 0 Å². The zero-order chi connectivity index (χ0) is 15.8. The number of rotatable bonds is 4. The predicted octanol–water partition coefficient (Wildman–Crippen LogP) is 1.81. The fourth-order valence-corrected chi connectivity index (χ4v) is 2.82. The molecule has 0 radical (unpaired) electrons. The van der Waals surface area contributed by atoms with Crippen LogP contribution in [0.15, 0.2) is 22.6 Å². The lowest BCUT2D eigenvalue weighted by Gasteiger charge is -2.26. The standard InChI is InChI=1S/C14H20N4O3S/c1-21-14(20)18-8-5-11(6-9-18)16-17-13(19)15-7-4-12-3-2-10-22-12/h2-3,10H,4-9H2,1H3,(H2,15,17,19). The van der Waals surface area contributed by atoms with Gasteiger partial charge in [0.1, 0.15) is 0 Å². The third-order valence-electron chi connectivity index (χ3n) is 3.33. The van der Waals surface area contributed by atoms with E-state index in [2.05, 4.69) is 20.6 Å². The number of carbonyl (C=O) groups excluding carboxylic acids is 2. The smallest absolute Gasteiger partial charge is 0.409 e. The van der Waals surface area contributed by atoms with Crippen LogP contribution in [0.5, 0.6) is 0 Å². The third kappa shape index (κ3) is 5.03. The molecule has 0 atom stereocenters. The molecule has 1 aromatic heterocycles. The molecule has 1 fully saturated rings. The molecule has 0 unspecified atom stereocenters. The highest BCUT2D eigenvalue weighted by Crippen LogP contribution is 2.09. The van der Waals surface area contributed by atoms with Crippen LogP contribution >= 0.6 is 11.3 Å². The van der Waals surface area contributed by atoms with Crippen molar-refractivity contribution >= 4 is 29.2 Å². The summed E-state index contributed by atoms with van der Waals surface area (Å²) in [4.78, 5) is 25.8. The highest BCUT2D eigenvalue weighted by atomic mass is 32.1. The molecule has 0 aliphatic carbocycles. The van der Waals surface area contributed by atoms with E-state index in [1.54, 1.807) is 16.2 Å². The summed E-state index contributed by atoms with van der Waals surface area (Å²) < 4.78 is 4.67. The number of ether oxygens (including phenoxy) is 1. The van der Waals surface area contributed by atoms with Crippen molar-refractivity contribution in [2.75, 3.05) is 26.7 Å². The van der Waals surface area contributed by atoms with Gasteiger partial charge in [-0.25, -0.2) is 15.0 Å². The van der Waals surface area contributed by atoms with Gasteiger partial charge in [-0.05, 0) is 17.9 Å². The van der Waals surface area contributed by atoms with Crippen molar-refractivity contribution in [3.8, 4) is 0 Å². The minimum atomic E-state index is -0.321. The van der Waals surface area contributed by atoms with Crippen LogP contribution in [0.1, 0.15) is 17.7 Å². The highest BCUT2D eigenvalue weighted by molar-refractivity contribution is 7.09. The Morgan fingerprint density at radius 2 is 2.18 bits per heavy atom. The molecule has 2 heterocycles. The first-order valence-corrected chi connectivity index (χ1v) is 8.01. The van der Waals surface area contributed by atoms with Crippen LogP contribution in [0.3, 0.4) is 0 Å². The van der Waals surface area contributed by atoms with Crippen molar-refractivity contribution in [1.82, 2.24) is 15.6 Å². The van der Waals surface area contributed by atoms with Crippen molar-refractivity contribution in [1.29, 1.82) is 0 Å². The topological polar surface area (TPSA) is 83.0 Å². The predicted molar refractivity (Wildman–Crippen MR) is 85.2 cm³/mol. The number of nitrogens with zero attached hydrogens (tertiary/aromatic N) is 2. The first kappa shape index (κ1) is 16.3. The minimum absolute atomic E-state index is 0.306. The fourth-order valence-electron chi connectivity index (χ4n) is 2.11. The van der Waals surface area contributed by atoms with Crippen LogP contribution in [-0.2, 0) is 11.2 Å². The molecule has 7 nitrogen and oxygen atoms in total. The van der Waals surface area contributed by atoms with Gasteiger partial charge in [-0.1, -0.05) is 6.07 Å². The molecular formula is C14H20N4O3S. The van der Waals surface area contributed by atoms with E-state index >= 15 is 0 Å². The molecule has 2 N–H and O–H groups in total. The number of hydrogen-bond donors (Lipinski definition) is 2. The zero-order valence-corrected chi connectivity index (χ0v) is 13.3. The van der Waals surface area contributed by atoms with Crippen molar-refractivity contribution in [3.05, 3.63) is 22.4 Å². The molecule has 1 saturated heterocycles. The normalized spacial score (nSPS) is 14.4. The maximum absolute atomic E-state index is 11.6. The second kappa shape index (κ2) is 8.38. The Hall–Kier alpha value is -2.09. The van der Waals surface area contributed by atoms with Gasteiger partial charge in [0, 0.05) is 43.1 Å². The fraction of sp³-hybridized carbons (Fsp3) is 0.500. The molecule has 8 heteroatoms. The number of thiophene rings is 1. The molecule has 0 aromatic carbocycles. The summed E-state index contributed by atoms with van der Waals surface area (Å²) in [5.74, 6) is 0. The van der Waals surface area contributed by atoms with Crippen LogP contribution in [0.4, 0.5) is 9.59 Å². The Bertz CT molecular complexity index is 520. The van der Waals surface area contributed by atoms with E-state index in [0.29, 0.717) is 32.5 Å². The summed E-state index contributed by atoms with van der Waals surface area (Å²) in [6.07, 6.45) is 1.78.